The van der Waals surface area contributed by atoms with Crippen molar-refractivity contribution >= 4 is 29.1 Å². The number of carbonyl (C=O) groups is 2. The molecule has 2 atom stereocenters. The molecule has 2 aliphatic heterocycles. The molecule has 7 nitrogen and oxygen atoms in total. The van der Waals surface area contributed by atoms with E-state index < -0.39 is 12.1 Å². The number of nitrogens with zero attached hydrogens (tertiary/aromatic N) is 2. The van der Waals surface area contributed by atoms with Crippen LogP contribution in [-0.4, -0.2) is 61.6 Å². The molecule has 0 spiro atoms. The summed E-state index contributed by atoms with van der Waals surface area (Å²) in [6.45, 7) is 4.40. The molecule has 30 heavy (non-hydrogen) atoms. The molecule has 0 radical (unpaired) electrons. The van der Waals surface area contributed by atoms with Gasteiger partial charge in [0.1, 0.15) is 12.6 Å². The van der Waals surface area contributed by atoms with E-state index in [1.807, 2.05) is 36.4 Å². The maximum Gasteiger partial charge on any atom is 0.265 e. The maximum absolute atomic E-state index is 12.8. The molecule has 4 rings (SSSR count). The fourth-order valence-corrected chi connectivity index (χ4v) is 3.83. The minimum absolute atomic E-state index is 0.105. The molecule has 8 heteroatoms. The molecule has 0 aromatic heterocycles. The zero-order valence-electron chi connectivity index (χ0n) is 16.7. The van der Waals surface area contributed by atoms with Crippen molar-refractivity contribution in [2.75, 3.05) is 37.7 Å². The van der Waals surface area contributed by atoms with Gasteiger partial charge in [0.05, 0.1) is 0 Å². The van der Waals surface area contributed by atoms with Gasteiger partial charge in [0, 0.05) is 36.9 Å². The van der Waals surface area contributed by atoms with Gasteiger partial charge in [-0.25, -0.2) is 0 Å². The Hall–Kier alpha value is -2.93. The van der Waals surface area contributed by atoms with E-state index >= 15 is 0 Å². The second kappa shape index (κ2) is 8.83. The molecule has 2 heterocycles. The number of amides is 2. The third-order valence-electron chi connectivity index (χ3n) is 5.29. The summed E-state index contributed by atoms with van der Waals surface area (Å²) in [5.41, 5.74) is 1.05. The smallest absolute Gasteiger partial charge is 0.265 e. The Labute approximate surface area is 180 Å². The first-order valence-electron chi connectivity index (χ1n) is 9.99. The molecule has 0 bridgehead atoms. The number of anilines is 1. The third-order valence-corrected chi connectivity index (χ3v) is 5.53. The summed E-state index contributed by atoms with van der Waals surface area (Å²) >= 11 is 6.07. The lowest BCUT2D eigenvalue weighted by Crippen LogP contribution is -2.56. The van der Waals surface area contributed by atoms with E-state index in [9.17, 15) is 9.59 Å². The van der Waals surface area contributed by atoms with Gasteiger partial charge in [0.15, 0.2) is 11.5 Å². The van der Waals surface area contributed by atoms with Gasteiger partial charge in [-0.15, -0.1) is 0 Å². The first-order valence-corrected chi connectivity index (χ1v) is 10.4. The van der Waals surface area contributed by atoms with Crippen molar-refractivity contribution in [1.82, 2.24) is 10.2 Å². The highest BCUT2D eigenvalue weighted by Crippen LogP contribution is 2.30. The number of piperazine rings is 1. The molecule has 2 aromatic rings. The van der Waals surface area contributed by atoms with Crippen LogP contribution < -0.4 is 19.7 Å². The van der Waals surface area contributed by atoms with Crippen LogP contribution in [0.1, 0.15) is 6.92 Å². The second-order valence-electron chi connectivity index (χ2n) is 7.39. The van der Waals surface area contributed by atoms with Crippen molar-refractivity contribution in [2.24, 2.45) is 0 Å². The normalized spacial score (nSPS) is 19.2. The van der Waals surface area contributed by atoms with Crippen LogP contribution in [0.5, 0.6) is 11.5 Å². The molecule has 158 valence electrons. The lowest BCUT2D eigenvalue weighted by molar-refractivity contribution is -0.139. The Morgan fingerprint density at radius 2 is 1.80 bits per heavy atom. The molecule has 2 unspecified atom stereocenters. The average molecular weight is 430 g/mol. The molecular formula is C22H24ClN3O4. The molecule has 0 aliphatic carbocycles. The zero-order valence-corrected chi connectivity index (χ0v) is 17.5. The van der Waals surface area contributed by atoms with Crippen LogP contribution in [0.4, 0.5) is 5.69 Å². The topological polar surface area (TPSA) is 71.1 Å². The molecule has 1 saturated heterocycles. The first kappa shape index (κ1) is 20.3. The fraction of sp³-hybridized carbons (Fsp3) is 0.364. The minimum atomic E-state index is -0.783. The zero-order chi connectivity index (χ0) is 21.1. The van der Waals surface area contributed by atoms with Crippen molar-refractivity contribution in [1.29, 1.82) is 0 Å². The molecule has 1 fully saturated rings. The molecule has 2 aliphatic rings. The van der Waals surface area contributed by atoms with Gasteiger partial charge in [0.2, 0.25) is 12.0 Å². The highest BCUT2D eigenvalue weighted by Gasteiger charge is 2.31. The number of nitrogens with one attached hydrogen (secondary N) is 1. The lowest BCUT2D eigenvalue weighted by atomic mass is 10.2. The predicted octanol–water partition coefficient (Wildman–Crippen LogP) is 2.33. The second-order valence-corrected chi connectivity index (χ2v) is 7.82. The summed E-state index contributed by atoms with van der Waals surface area (Å²) in [6.07, 6.45) is -0.783. The van der Waals surface area contributed by atoms with Gasteiger partial charge in [0.25, 0.3) is 5.91 Å². The monoisotopic (exact) mass is 429 g/mol. The number of hydrogen-bond donors (Lipinski definition) is 1. The quantitative estimate of drug-likeness (QED) is 0.807. The molecule has 2 amide bonds. The Bertz CT molecular complexity index is 930. The number of carbonyl (C=O) groups excluding carboxylic acids is 2. The minimum Gasteiger partial charge on any atom is -0.485 e. The first-order chi connectivity index (χ1) is 14.5. The van der Waals surface area contributed by atoms with Crippen molar-refractivity contribution in [3.05, 3.63) is 53.6 Å². The van der Waals surface area contributed by atoms with Crippen molar-refractivity contribution in [2.45, 2.75) is 19.1 Å². The largest absolute Gasteiger partial charge is 0.485 e. The number of halogens is 1. The van der Waals surface area contributed by atoms with E-state index in [1.165, 1.54) is 0 Å². The molecule has 1 N–H and O–H groups in total. The van der Waals surface area contributed by atoms with Gasteiger partial charge >= 0.3 is 0 Å². The number of benzene rings is 2. The van der Waals surface area contributed by atoms with Gasteiger partial charge in [-0.3, -0.25) is 9.59 Å². The number of rotatable bonds is 4. The van der Waals surface area contributed by atoms with Gasteiger partial charge in [-0.05, 0) is 37.3 Å². The number of hydrogen-bond acceptors (Lipinski definition) is 5. The van der Waals surface area contributed by atoms with Crippen LogP contribution in [0.2, 0.25) is 5.02 Å². The summed E-state index contributed by atoms with van der Waals surface area (Å²) in [4.78, 5) is 29.4. The Balaban J connectivity index is 1.28. The van der Waals surface area contributed by atoms with E-state index in [1.54, 1.807) is 24.0 Å². The Morgan fingerprint density at radius 3 is 2.53 bits per heavy atom. The van der Waals surface area contributed by atoms with E-state index in [0.717, 1.165) is 5.69 Å². The number of ether oxygens (including phenoxy) is 2. The van der Waals surface area contributed by atoms with E-state index in [2.05, 4.69) is 10.2 Å². The lowest BCUT2D eigenvalue weighted by Gasteiger charge is -2.37. The number of fused-ring (bicyclic) bond motifs is 1. The summed E-state index contributed by atoms with van der Waals surface area (Å²) in [6, 6.07) is 14.3. The van der Waals surface area contributed by atoms with E-state index in [0.29, 0.717) is 42.7 Å². The predicted molar refractivity (Wildman–Crippen MR) is 114 cm³/mol. The highest BCUT2D eigenvalue weighted by atomic mass is 35.5. The molecule has 2 aromatic carbocycles. The summed E-state index contributed by atoms with van der Waals surface area (Å²) in [5, 5.41) is 3.46. The van der Waals surface area contributed by atoms with Gasteiger partial charge < -0.3 is 24.6 Å². The van der Waals surface area contributed by atoms with Crippen LogP contribution in [0.25, 0.3) is 0 Å². The SMILES string of the molecule is CC(NC(=O)C1COc2ccccc2O1)C(=O)N1CCN(c2cccc(Cl)c2)CC1. The standard InChI is InChI=1S/C22H24ClN3O4/c1-15(24-21(27)20-14-29-18-7-2-3-8-19(18)30-20)22(28)26-11-9-25(10-12-26)17-6-4-5-16(23)13-17/h2-8,13,15,20H,9-12,14H2,1H3,(H,24,27). The third kappa shape index (κ3) is 4.46. The summed E-state index contributed by atoms with van der Waals surface area (Å²) in [5.74, 6) is 0.678. The van der Waals surface area contributed by atoms with Crippen LogP contribution in [0.15, 0.2) is 48.5 Å². The van der Waals surface area contributed by atoms with Gasteiger partial charge in [-0.2, -0.15) is 0 Å². The van der Waals surface area contributed by atoms with Crippen molar-refractivity contribution in [3.8, 4) is 11.5 Å². The van der Waals surface area contributed by atoms with Crippen LogP contribution in [0, 0.1) is 0 Å². The van der Waals surface area contributed by atoms with Crippen molar-refractivity contribution < 1.29 is 19.1 Å². The molecular weight excluding hydrogens is 406 g/mol. The summed E-state index contributed by atoms with van der Waals surface area (Å²) in [7, 11) is 0. The van der Waals surface area contributed by atoms with Gasteiger partial charge in [-0.1, -0.05) is 29.8 Å². The fourth-order valence-electron chi connectivity index (χ4n) is 3.65. The van der Waals surface area contributed by atoms with E-state index in [4.69, 9.17) is 21.1 Å². The Kier molecular flexibility index (Phi) is 5.99. The van der Waals surface area contributed by atoms with E-state index in [-0.39, 0.29) is 18.4 Å². The average Bonchev–Trinajstić information content (AvgIpc) is 2.78. The number of para-hydroxylation sites is 2. The summed E-state index contributed by atoms with van der Waals surface area (Å²) < 4.78 is 11.3. The highest BCUT2D eigenvalue weighted by molar-refractivity contribution is 6.30. The van der Waals surface area contributed by atoms with Crippen LogP contribution in [-0.2, 0) is 9.59 Å². The Morgan fingerprint density at radius 1 is 1.07 bits per heavy atom. The van der Waals surface area contributed by atoms with Crippen LogP contribution in [0.3, 0.4) is 0 Å². The van der Waals surface area contributed by atoms with Crippen molar-refractivity contribution in [3.63, 3.8) is 0 Å². The molecule has 0 saturated carbocycles. The maximum atomic E-state index is 12.8. The van der Waals surface area contributed by atoms with Crippen LogP contribution >= 0.6 is 11.6 Å².